The Bertz CT molecular complexity index is 759. The van der Waals surface area contributed by atoms with E-state index in [9.17, 15) is 9.18 Å². The average Bonchev–Trinajstić information content (AvgIpc) is 2.66. The highest BCUT2D eigenvalue weighted by Crippen LogP contribution is 2.27. The summed E-state index contributed by atoms with van der Waals surface area (Å²) in [6.07, 6.45) is 3.63. The molecule has 0 bridgehead atoms. The van der Waals surface area contributed by atoms with Gasteiger partial charge < -0.3 is 10.2 Å². The van der Waals surface area contributed by atoms with Gasteiger partial charge in [-0.3, -0.25) is 14.7 Å². The first kappa shape index (κ1) is 18.6. The van der Waals surface area contributed by atoms with Gasteiger partial charge in [-0.15, -0.1) is 0 Å². The average molecular weight is 358 g/mol. The van der Waals surface area contributed by atoms with Crippen LogP contribution in [0.15, 0.2) is 30.5 Å². The van der Waals surface area contributed by atoms with Crippen molar-refractivity contribution >= 4 is 22.5 Å². The Kier molecular flexibility index (Phi) is 6.04. The molecule has 1 aromatic carbocycles. The lowest BCUT2D eigenvalue weighted by atomic mass is 10.1. The second-order valence-electron chi connectivity index (χ2n) is 6.71. The summed E-state index contributed by atoms with van der Waals surface area (Å²) in [5, 5.41) is 3.80. The molecule has 1 fully saturated rings. The molecule has 1 amide bonds. The maximum absolute atomic E-state index is 13.7. The van der Waals surface area contributed by atoms with Crippen molar-refractivity contribution in [3.8, 4) is 0 Å². The van der Waals surface area contributed by atoms with Crippen LogP contribution in [0.1, 0.15) is 26.7 Å². The Balaban J connectivity index is 1.74. The molecule has 3 rings (SSSR count). The largest absolute Gasteiger partial charge is 0.368 e. The molecular weight excluding hydrogens is 331 g/mol. The minimum atomic E-state index is -0.246. The summed E-state index contributed by atoms with van der Waals surface area (Å²) in [4.78, 5) is 21.2. The van der Waals surface area contributed by atoms with Gasteiger partial charge in [-0.2, -0.15) is 0 Å². The van der Waals surface area contributed by atoms with E-state index in [1.807, 2.05) is 13.0 Å². The first-order chi connectivity index (χ1) is 12.6. The maximum Gasteiger partial charge on any atom is 0.237 e. The van der Waals surface area contributed by atoms with E-state index in [4.69, 9.17) is 0 Å². The van der Waals surface area contributed by atoms with Crippen molar-refractivity contribution in [2.75, 3.05) is 37.6 Å². The molecule has 0 aliphatic carbocycles. The van der Waals surface area contributed by atoms with Crippen LogP contribution in [0, 0.1) is 5.82 Å². The second-order valence-corrected chi connectivity index (χ2v) is 6.71. The summed E-state index contributed by atoms with van der Waals surface area (Å²) < 4.78 is 13.7. The number of nitrogens with one attached hydrogen (secondary N) is 1. The standard InChI is InChI=1S/C20H27FN4O/c1-3-5-19(20(26)22-4-2)25-12-10-24(11-13-25)18-8-9-23-17-7-6-15(21)14-16(17)18/h6-9,14,19H,3-5,10-13H2,1-2H3,(H,22,26). The zero-order valence-electron chi connectivity index (χ0n) is 15.5. The van der Waals surface area contributed by atoms with Crippen molar-refractivity contribution in [3.05, 3.63) is 36.3 Å². The lowest BCUT2D eigenvalue weighted by Crippen LogP contribution is -2.55. The Labute approximate surface area is 154 Å². The third-order valence-electron chi connectivity index (χ3n) is 4.99. The number of piperazine rings is 1. The van der Waals surface area contributed by atoms with Crippen molar-refractivity contribution in [1.82, 2.24) is 15.2 Å². The molecule has 2 aromatic rings. The Hall–Kier alpha value is -2.21. The summed E-state index contributed by atoms with van der Waals surface area (Å²) >= 11 is 0. The number of rotatable bonds is 6. The fourth-order valence-corrected chi connectivity index (χ4v) is 3.70. The fourth-order valence-electron chi connectivity index (χ4n) is 3.70. The van der Waals surface area contributed by atoms with Gasteiger partial charge in [0.15, 0.2) is 0 Å². The molecule has 1 aliphatic rings. The summed E-state index contributed by atoms with van der Waals surface area (Å²) in [5.41, 5.74) is 1.82. The highest BCUT2D eigenvalue weighted by atomic mass is 19.1. The SMILES string of the molecule is CCCC(C(=O)NCC)N1CCN(c2ccnc3ccc(F)cc23)CC1. The van der Waals surface area contributed by atoms with Gasteiger partial charge in [0.1, 0.15) is 5.82 Å². The van der Waals surface area contributed by atoms with Crippen LogP contribution in [0.2, 0.25) is 0 Å². The molecule has 2 heterocycles. The molecule has 1 N–H and O–H groups in total. The van der Waals surface area contributed by atoms with Crippen LogP contribution in [-0.4, -0.2) is 54.6 Å². The number of pyridine rings is 1. The molecule has 1 saturated heterocycles. The van der Waals surface area contributed by atoms with Crippen LogP contribution < -0.4 is 10.2 Å². The van der Waals surface area contributed by atoms with Gasteiger partial charge in [0.25, 0.3) is 0 Å². The van der Waals surface area contributed by atoms with E-state index < -0.39 is 0 Å². The van der Waals surface area contributed by atoms with Crippen LogP contribution in [0.3, 0.4) is 0 Å². The molecule has 0 saturated carbocycles. The number of aromatic nitrogens is 1. The molecule has 140 valence electrons. The topological polar surface area (TPSA) is 48.5 Å². The number of amides is 1. The monoisotopic (exact) mass is 358 g/mol. The molecule has 1 atom stereocenters. The van der Waals surface area contributed by atoms with E-state index in [2.05, 4.69) is 27.0 Å². The fraction of sp³-hybridized carbons (Fsp3) is 0.500. The number of hydrogen-bond donors (Lipinski definition) is 1. The van der Waals surface area contributed by atoms with Crippen LogP contribution >= 0.6 is 0 Å². The van der Waals surface area contributed by atoms with Crippen molar-refractivity contribution < 1.29 is 9.18 Å². The van der Waals surface area contributed by atoms with Gasteiger partial charge >= 0.3 is 0 Å². The third-order valence-corrected chi connectivity index (χ3v) is 4.99. The molecule has 5 nitrogen and oxygen atoms in total. The van der Waals surface area contributed by atoms with Crippen LogP contribution in [0.25, 0.3) is 10.9 Å². The lowest BCUT2D eigenvalue weighted by molar-refractivity contribution is -0.126. The van der Waals surface area contributed by atoms with Gasteiger partial charge in [0, 0.05) is 50.0 Å². The number of likely N-dealkylation sites (N-methyl/N-ethyl adjacent to an activating group) is 1. The molecule has 0 radical (unpaired) electrons. The molecule has 26 heavy (non-hydrogen) atoms. The van der Waals surface area contributed by atoms with E-state index >= 15 is 0 Å². The highest BCUT2D eigenvalue weighted by Gasteiger charge is 2.28. The predicted octanol–water partition coefficient (Wildman–Crippen LogP) is 2.80. The number of hydrogen-bond acceptors (Lipinski definition) is 4. The molecule has 0 spiro atoms. The van der Waals surface area contributed by atoms with E-state index in [1.165, 1.54) is 6.07 Å². The lowest BCUT2D eigenvalue weighted by Gasteiger charge is -2.40. The van der Waals surface area contributed by atoms with Gasteiger partial charge in [0.2, 0.25) is 5.91 Å². The first-order valence-corrected chi connectivity index (χ1v) is 9.45. The highest BCUT2D eigenvalue weighted by molar-refractivity contribution is 5.91. The number of carbonyl (C=O) groups is 1. The van der Waals surface area contributed by atoms with Crippen molar-refractivity contribution in [3.63, 3.8) is 0 Å². The van der Waals surface area contributed by atoms with E-state index in [-0.39, 0.29) is 17.8 Å². The smallest absolute Gasteiger partial charge is 0.237 e. The molecular formula is C20H27FN4O. The minimum absolute atomic E-state index is 0.0614. The molecule has 6 heteroatoms. The van der Waals surface area contributed by atoms with Gasteiger partial charge in [0.05, 0.1) is 11.6 Å². The zero-order chi connectivity index (χ0) is 18.5. The second kappa shape index (κ2) is 8.45. The number of anilines is 1. The van der Waals surface area contributed by atoms with Crippen molar-refractivity contribution in [1.29, 1.82) is 0 Å². The van der Waals surface area contributed by atoms with E-state index in [0.29, 0.717) is 6.54 Å². The number of nitrogens with zero attached hydrogens (tertiary/aromatic N) is 3. The molecule has 1 aliphatic heterocycles. The van der Waals surface area contributed by atoms with Crippen molar-refractivity contribution in [2.45, 2.75) is 32.7 Å². The minimum Gasteiger partial charge on any atom is -0.368 e. The van der Waals surface area contributed by atoms with Gasteiger partial charge in [-0.25, -0.2) is 4.39 Å². The molecule has 1 aromatic heterocycles. The van der Waals surface area contributed by atoms with Gasteiger partial charge in [-0.1, -0.05) is 13.3 Å². The Morgan fingerprint density at radius 3 is 2.69 bits per heavy atom. The Morgan fingerprint density at radius 2 is 2.00 bits per heavy atom. The number of carbonyl (C=O) groups excluding carboxylic acids is 1. The first-order valence-electron chi connectivity index (χ1n) is 9.45. The number of halogens is 1. The summed E-state index contributed by atoms with van der Waals surface area (Å²) in [6.45, 7) is 7.99. The van der Waals surface area contributed by atoms with Crippen LogP contribution in [-0.2, 0) is 4.79 Å². The van der Waals surface area contributed by atoms with Crippen LogP contribution in [0.4, 0.5) is 10.1 Å². The van der Waals surface area contributed by atoms with Crippen LogP contribution in [0.5, 0.6) is 0 Å². The van der Waals surface area contributed by atoms with Crippen molar-refractivity contribution in [2.24, 2.45) is 0 Å². The summed E-state index contributed by atoms with van der Waals surface area (Å²) in [5.74, 6) is -0.121. The van der Waals surface area contributed by atoms with E-state index in [1.54, 1.807) is 18.3 Å². The number of benzene rings is 1. The number of fused-ring (bicyclic) bond motifs is 1. The molecule has 1 unspecified atom stereocenters. The third kappa shape index (κ3) is 3.96. The summed E-state index contributed by atoms with van der Waals surface area (Å²) in [6, 6.07) is 6.60. The Morgan fingerprint density at radius 1 is 1.23 bits per heavy atom. The normalized spacial score (nSPS) is 16.7. The predicted molar refractivity (Wildman–Crippen MR) is 103 cm³/mol. The quantitative estimate of drug-likeness (QED) is 0.863. The summed E-state index contributed by atoms with van der Waals surface area (Å²) in [7, 11) is 0. The zero-order valence-corrected chi connectivity index (χ0v) is 15.5. The van der Waals surface area contributed by atoms with Gasteiger partial charge in [-0.05, 0) is 37.6 Å². The van der Waals surface area contributed by atoms with E-state index in [0.717, 1.165) is 55.6 Å². The maximum atomic E-state index is 13.7.